The standard InChI is InChI=1S/C9H13FN2O4S/c10-8-2-1-7(3-9(8)11)17(15,16)12-4-6(14)5-13/h1-3,6,12-14H,4-5,11H2. The Kier molecular flexibility index (Phi) is 4.40. The second-order valence-electron chi connectivity index (χ2n) is 3.37. The highest BCUT2D eigenvalue weighted by molar-refractivity contribution is 7.89. The van der Waals surface area contributed by atoms with E-state index < -0.39 is 28.6 Å². The van der Waals surface area contributed by atoms with Crippen LogP contribution in [0.2, 0.25) is 0 Å². The molecule has 0 spiro atoms. The van der Waals surface area contributed by atoms with E-state index in [0.29, 0.717) is 0 Å². The van der Waals surface area contributed by atoms with E-state index in [0.717, 1.165) is 18.2 Å². The predicted molar refractivity (Wildman–Crippen MR) is 59.1 cm³/mol. The Balaban J connectivity index is 2.86. The van der Waals surface area contributed by atoms with Crippen LogP contribution in [0.5, 0.6) is 0 Å². The summed E-state index contributed by atoms with van der Waals surface area (Å²) in [5, 5.41) is 17.5. The van der Waals surface area contributed by atoms with E-state index in [1.807, 2.05) is 0 Å². The van der Waals surface area contributed by atoms with Crippen molar-refractivity contribution in [3.8, 4) is 0 Å². The minimum atomic E-state index is -3.87. The Hall–Kier alpha value is -1.22. The molecule has 0 saturated heterocycles. The summed E-state index contributed by atoms with van der Waals surface area (Å²) in [7, 11) is -3.87. The van der Waals surface area contributed by atoms with Gasteiger partial charge in [0, 0.05) is 6.54 Å². The van der Waals surface area contributed by atoms with Gasteiger partial charge in [-0.3, -0.25) is 0 Å². The van der Waals surface area contributed by atoms with Crippen molar-refractivity contribution < 1.29 is 23.0 Å². The molecule has 0 saturated carbocycles. The fraction of sp³-hybridized carbons (Fsp3) is 0.333. The average molecular weight is 264 g/mol. The van der Waals surface area contributed by atoms with Crippen LogP contribution >= 0.6 is 0 Å². The van der Waals surface area contributed by atoms with E-state index in [4.69, 9.17) is 15.9 Å². The molecule has 1 aromatic carbocycles. The summed E-state index contributed by atoms with van der Waals surface area (Å²) in [6.07, 6.45) is -1.19. The van der Waals surface area contributed by atoms with Crippen molar-refractivity contribution in [1.82, 2.24) is 4.72 Å². The molecule has 0 aliphatic carbocycles. The number of nitrogens with two attached hydrogens (primary N) is 1. The lowest BCUT2D eigenvalue weighted by atomic mass is 10.3. The molecule has 0 aliphatic rings. The quantitative estimate of drug-likeness (QED) is 0.512. The first-order valence-electron chi connectivity index (χ1n) is 4.70. The fourth-order valence-electron chi connectivity index (χ4n) is 1.04. The number of nitrogen functional groups attached to an aromatic ring is 1. The number of rotatable bonds is 5. The van der Waals surface area contributed by atoms with Gasteiger partial charge in [0.05, 0.1) is 23.3 Å². The fourth-order valence-corrected chi connectivity index (χ4v) is 2.15. The maximum atomic E-state index is 12.8. The summed E-state index contributed by atoms with van der Waals surface area (Å²) in [6, 6.07) is 2.97. The Morgan fingerprint density at radius 3 is 2.65 bits per heavy atom. The third kappa shape index (κ3) is 3.63. The molecular weight excluding hydrogens is 251 g/mol. The van der Waals surface area contributed by atoms with Crippen molar-refractivity contribution in [2.75, 3.05) is 18.9 Å². The van der Waals surface area contributed by atoms with Gasteiger partial charge in [-0.2, -0.15) is 0 Å². The van der Waals surface area contributed by atoms with E-state index in [1.165, 1.54) is 0 Å². The molecule has 8 heteroatoms. The highest BCUT2D eigenvalue weighted by Crippen LogP contribution is 2.16. The van der Waals surface area contributed by atoms with Crippen molar-refractivity contribution in [3.63, 3.8) is 0 Å². The van der Waals surface area contributed by atoms with Crippen molar-refractivity contribution in [3.05, 3.63) is 24.0 Å². The monoisotopic (exact) mass is 264 g/mol. The number of sulfonamides is 1. The molecule has 0 aromatic heterocycles. The Labute approximate surface area is 97.9 Å². The molecule has 1 unspecified atom stereocenters. The molecule has 6 nitrogen and oxygen atoms in total. The van der Waals surface area contributed by atoms with Crippen LogP contribution in [0, 0.1) is 5.82 Å². The molecule has 0 bridgehead atoms. The molecule has 1 aromatic rings. The van der Waals surface area contributed by atoms with Gasteiger partial charge in [0.25, 0.3) is 0 Å². The third-order valence-electron chi connectivity index (χ3n) is 2.00. The maximum Gasteiger partial charge on any atom is 0.240 e. The molecule has 1 rings (SSSR count). The SMILES string of the molecule is Nc1cc(S(=O)(=O)NCC(O)CO)ccc1F. The maximum absolute atomic E-state index is 12.8. The molecule has 96 valence electrons. The van der Waals surface area contributed by atoms with Gasteiger partial charge in [-0.25, -0.2) is 17.5 Å². The zero-order valence-electron chi connectivity index (χ0n) is 8.80. The van der Waals surface area contributed by atoms with Crippen molar-refractivity contribution in [1.29, 1.82) is 0 Å². The van der Waals surface area contributed by atoms with E-state index >= 15 is 0 Å². The number of aliphatic hydroxyl groups excluding tert-OH is 2. The minimum absolute atomic E-state index is 0.207. The van der Waals surface area contributed by atoms with Gasteiger partial charge in [0.15, 0.2) is 0 Å². The number of aliphatic hydroxyl groups is 2. The summed E-state index contributed by atoms with van der Waals surface area (Å²) in [5.74, 6) is -0.709. The molecule has 0 heterocycles. The molecule has 0 amide bonds. The van der Waals surface area contributed by atoms with Crippen molar-refractivity contribution >= 4 is 15.7 Å². The van der Waals surface area contributed by atoms with Gasteiger partial charge in [-0.1, -0.05) is 0 Å². The lowest BCUT2D eigenvalue weighted by Crippen LogP contribution is -2.33. The summed E-state index contributed by atoms with van der Waals surface area (Å²) in [4.78, 5) is -0.207. The number of benzene rings is 1. The number of hydrogen-bond acceptors (Lipinski definition) is 5. The van der Waals surface area contributed by atoms with Crippen LogP contribution in [0.4, 0.5) is 10.1 Å². The van der Waals surface area contributed by atoms with Gasteiger partial charge in [-0.15, -0.1) is 0 Å². The Bertz CT molecular complexity index is 492. The smallest absolute Gasteiger partial charge is 0.240 e. The van der Waals surface area contributed by atoms with Gasteiger partial charge in [0.1, 0.15) is 5.82 Å². The van der Waals surface area contributed by atoms with Crippen LogP contribution in [0.1, 0.15) is 0 Å². The van der Waals surface area contributed by atoms with Gasteiger partial charge >= 0.3 is 0 Å². The minimum Gasteiger partial charge on any atom is -0.396 e. The summed E-state index contributed by atoms with van der Waals surface area (Å²) in [6.45, 7) is -0.899. The molecule has 0 aliphatic heterocycles. The van der Waals surface area contributed by atoms with E-state index in [1.54, 1.807) is 0 Å². The van der Waals surface area contributed by atoms with E-state index in [9.17, 15) is 12.8 Å². The molecule has 1 atom stereocenters. The van der Waals surface area contributed by atoms with Gasteiger partial charge < -0.3 is 15.9 Å². The number of halogens is 1. The van der Waals surface area contributed by atoms with Crippen LogP contribution in [0.15, 0.2) is 23.1 Å². The van der Waals surface area contributed by atoms with Crippen LogP contribution in [0.25, 0.3) is 0 Å². The number of nitrogens with one attached hydrogen (secondary N) is 1. The summed E-state index contributed by atoms with van der Waals surface area (Å²) in [5.41, 5.74) is 4.96. The molecule has 5 N–H and O–H groups in total. The highest BCUT2D eigenvalue weighted by Gasteiger charge is 2.16. The van der Waals surface area contributed by atoms with Gasteiger partial charge in [0.2, 0.25) is 10.0 Å². The molecule has 0 radical (unpaired) electrons. The van der Waals surface area contributed by atoms with Crippen LogP contribution < -0.4 is 10.5 Å². The van der Waals surface area contributed by atoms with Crippen molar-refractivity contribution in [2.45, 2.75) is 11.0 Å². The van der Waals surface area contributed by atoms with Gasteiger partial charge in [-0.05, 0) is 18.2 Å². The highest BCUT2D eigenvalue weighted by atomic mass is 32.2. The van der Waals surface area contributed by atoms with E-state index in [2.05, 4.69) is 4.72 Å². The zero-order chi connectivity index (χ0) is 13.1. The number of hydrogen-bond donors (Lipinski definition) is 4. The lowest BCUT2D eigenvalue weighted by Gasteiger charge is -2.10. The first kappa shape index (κ1) is 13.8. The summed E-state index contributed by atoms with van der Waals surface area (Å²) >= 11 is 0. The van der Waals surface area contributed by atoms with Crippen LogP contribution in [0.3, 0.4) is 0 Å². The Morgan fingerprint density at radius 1 is 1.47 bits per heavy atom. The second-order valence-corrected chi connectivity index (χ2v) is 5.14. The zero-order valence-corrected chi connectivity index (χ0v) is 9.61. The van der Waals surface area contributed by atoms with E-state index in [-0.39, 0.29) is 17.1 Å². The van der Waals surface area contributed by atoms with Crippen LogP contribution in [-0.4, -0.2) is 37.9 Å². The van der Waals surface area contributed by atoms with Crippen LogP contribution in [-0.2, 0) is 10.0 Å². The summed E-state index contributed by atoms with van der Waals surface area (Å²) < 4.78 is 38.2. The molecule has 0 fully saturated rings. The van der Waals surface area contributed by atoms with Crippen molar-refractivity contribution in [2.24, 2.45) is 0 Å². The first-order chi connectivity index (χ1) is 7.86. The second kappa shape index (κ2) is 5.41. The third-order valence-corrected chi connectivity index (χ3v) is 3.42. The largest absolute Gasteiger partial charge is 0.396 e. The Morgan fingerprint density at radius 2 is 2.12 bits per heavy atom. The molecular formula is C9H13FN2O4S. The average Bonchev–Trinajstić information content (AvgIpc) is 2.29. The molecule has 17 heavy (non-hydrogen) atoms. The topological polar surface area (TPSA) is 113 Å². The normalized spacial score (nSPS) is 13.6. The lowest BCUT2D eigenvalue weighted by molar-refractivity contribution is 0.0988. The first-order valence-corrected chi connectivity index (χ1v) is 6.18. The predicted octanol–water partition coefficient (Wildman–Crippen LogP) is -0.961. The number of anilines is 1.